The minimum atomic E-state index is 0. The predicted molar refractivity (Wildman–Crippen MR) is 96.3 cm³/mol. The van der Waals surface area contributed by atoms with E-state index < -0.39 is 0 Å². The van der Waals surface area contributed by atoms with Gasteiger partial charge in [-0.25, -0.2) is 0 Å². The molecular weight excluding hydrogens is 294 g/mol. The molecule has 0 radical (unpaired) electrons. The van der Waals surface area contributed by atoms with Gasteiger partial charge >= 0.3 is 0 Å². The second-order valence-electron chi connectivity index (χ2n) is 5.98. The van der Waals surface area contributed by atoms with Crippen LogP contribution in [0.15, 0.2) is 29.4 Å². The molecule has 1 aliphatic carbocycles. The van der Waals surface area contributed by atoms with Crippen molar-refractivity contribution in [3.63, 3.8) is 0 Å². The van der Waals surface area contributed by atoms with Crippen molar-refractivity contribution >= 4 is 18.6 Å². The van der Waals surface area contributed by atoms with Crippen LogP contribution in [-0.2, 0) is 6.42 Å². The number of H-pyrrole nitrogens is 2. The fourth-order valence-corrected chi connectivity index (χ4v) is 3.15. The number of hydrogen-bond acceptors (Lipinski definition) is 1. The van der Waals surface area contributed by atoms with Crippen molar-refractivity contribution in [3.8, 4) is 11.4 Å². The number of halogens is 1. The Morgan fingerprint density at radius 3 is 2.59 bits per heavy atom. The van der Waals surface area contributed by atoms with Crippen LogP contribution >= 0.6 is 12.4 Å². The number of aromatic nitrogens is 2. The van der Waals surface area contributed by atoms with Crippen LogP contribution in [0.3, 0.4) is 0 Å². The number of aliphatic imine (C=N–C) groups is 1. The summed E-state index contributed by atoms with van der Waals surface area (Å²) >= 11 is 0. The summed E-state index contributed by atoms with van der Waals surface area (Å²) in [7, 11) is 0. The van der Waals surface area contributed by atoms with Crippen LogP contribution in [0.5, 0.6) is 0 Å². The molecule has 0 atom stereocenters. The largest absolute Gasteiger partial charge is 0.360 e. The van der Waals surface area contributed by atoms with Crippen LogP contribution in [-0.4, -0.2) is 22.2 Å². The predicted octanol–water partition coefficient (Wildman–Crippen LogP) is 5.14. The maximum Gasteiger partial charge on any atom is 0.0627 e. The van der Waals surface area contributed by atoms with E-state index >= 15 is 0 Å². The Morgan fingerprint density at radius 1 is 1.18 bits per heavy atom. The second kappa shape index (κ2) is 8.23. The molecule has 2 heterocycles. The first-order chi connectivity index (χ1) is 10.4. The molecule has 1 aliphatic rings. The van der Waals surface area contributed by atoms with Gasteiger partial charge in [-0.2, -0.15) is 0 Å². The fraction of sp³-hybridized carbons (Fsp3) is 0.500. The quantitative estimate of drug-likeness (QED) is 0.579. The van der Waals surface area contributed by atoms with E-state index in [4.69, 9.17) is 4.99 Å². The van der Waals surface area contributed by atoms with Gasteiger partial charge in [0.1, 0.15) is 0 Å². The van der Waals surface area contributed by atoms with E-state index in [1.807, 2.05) is 12.3 Å². The van der Waals surface area contributed by atoms with Gasteiger partial charge in [-0.1, -0.05) is 32.6 Å². The number of nitrogens with zero attached hydrogens (tertiary/aromatic N) is 1. The zero-order valence-corrected chi connectivity index (χ0v) is 14.1. The Bertz CT molecular complexity index is 576. The molecule has 0 bridgehead atoms. The van der Waals surface area contributed by atoms with Crippen LogP contribution in [0, 0.1) is 0 Å². The third-order valence-electron chi connectivity index (χ3n) is 4.44. The first-order valence-electron chi connectivity index (χ1n) is 8.25. The molecule has 4 heteroatoms. The molecule has 2 N–H and O–H groups in total. The Morgan fingerprint density at radius 2 is 1.95 bits per heavy atom. The lowest BCUT2D eigenvalue weighted by atomic mass is 10.1. The first kappa shape index (κ1) is 16.9. The Labute approximate surface area is 139 Å². The van der Waals surface area contributed by atoms with E-state index in [-0.39, 0.29) is 12.4 Å². The lowest BCUT2D eigenvalue weighted by molar-refractivity contribution is 0.588. The summed E-state index contributed by atoms with van der Waals surface area (Å²) in [4.78, 5) is 11.6. The van der Waals surface area contributed by atoms with Gasteiger partial charge in [0.2, 0.25) is 0 Å². The SMILES string of the molecule is CCc1cc(-c2ccc[nH]2)[nH]c1C=NC1CCCCCC1.Cl. The normalized spacial score (nSPS) is 16.6. The number of rotatable bonds is 4. The van der Waals surface area contributed by atoms with Crippen molar-refractivity contribution in [2.24, 2.45) is 4.99 Å². The monoisotopic (exact) mass is 319 g/mol. The third kappa shape index (κ3) is 4.04. The molecule has 3 rings (SSSR count). The maximum atomic E-state index is 4.85. The van der Waals surface area contributed by atoms with Crippen LogP contribution in [0.2, 0.25) is 0 Å². The molecule has 2 aromatic rings. The second-order valence-corrected chi connectivity index (χ2v) is 5.98. The standard InChI is InChI=1S/C18H25N3.ClH/c1-2-14-12-17(16-10-7-11-19-16)21-18(14)13-20-15-8-5-3-4-6-9-15;/h7,10-13,15,19,21H,2-6,8-9H2,1H3;1H. The van der Waals surface area contributed by atoms with Crippen molar-refractivity contribution < 1.29 is 0 Å². The van der Waals surface area contributed by atoms with E-state index in [0.717, 1.165) is 17.8 Å². The van der Waals surface area contributed by atoms with Crippen LogP contribution < -0.4 is 0 Å². The Hall–Kier alpha value is -1.48. The molecule has 0 aliphatic heterocycles. The van der Waals surface area contributed by atoms with Gasteiger partial charge in [-0.3, -0.25) is 4.99 Å². The zero-order chi connectivity index (χ0) is 14.5. The van der Waals surface area contributed by atoms with Gasteiger partial charge < -0.3 is 9.97 Å². The highest BCUT2D eigenvalue weighted by molar-refractivity contribution is 5.85. The molecule has 0 unspecified atom stereocenters. The molecule has 1 fully saturated rings. The molecule has 0 amide bonds. The molecule has 120 valence electrons. The van der Waals surface area contributed by atoms with Gasteiger partial charge in [0.05, 0.1) is 23.1 Å². The van der Waals surface area contributed by atoms with Crippen LogP contribution in [0.4, 0.5) is 0 Å². The zero-order valence-electron chi connectivity index (χ0n) is 13.3. The van der Waals surface area contributed by atoms with Crippen molar-refractivity contribution in [2.75, 3.05) is 0 Å². The lowest BCUT2D eigenvalue weighted by Crippen LogP contribution is -2.03. The number of hydrogen-bond donors (Lipinski definition) is 2. The van der Waals surface area contributed by atoms with Crippen LogP contribution in [0.1, 0.15) is 56.7 Å². The highest BCUT2D eigenvalue weighted by Gasteiger charge is 2.11. The number of aromatic amines is 2. The summed E-state index contributed by atoms with van der Waals surface area (Å²) in [6.45, 7) is 2.20. The molecule has 1 saturated carbocycles. The summed E-state index contributed by atoms with van der Waals surface area (Å²) in [5.74, 6) is 0. The van der Waals surface area contributed by atoms with E-state index in [1.54, 1.807) is 0 Å². The van der Waals surface area contributed by atoms with Crippen molar-refractivity contribution in [3.05, 3.63) is 35.7 Å². The molecule has 0 spiro atoms. The topological polar surface area (TPSA) is 43.9 Å². The number of aryl methyl sites for hydroxylation is 1. The fourth-order valence-electron chi connectivity index (χ4n) is 3.15. The van der Waals surface area contributed by atoms with E-state index in [0.29, 0.717) is 6.04 Å². The van der Waals surface area contributed by atoms with Gasteiger partial charge in [-0.05, 0) is 43.0 Å². The minimum Gasteiger partial charge on any atom is -0.360 e. The van der Waals surface area contributed by atoms with Gasteiger partial charge in [0.15, 0.2) is 0 Å². The summed E-state index contributed by atoms with van der Waals surface area (Å²) in [6, 6.07) is 6.88. The molecule has 3 nitrogen and oxygen atoms in total. The summed E-state index contributed by atoms with van der Waals surface area (Å²) < 4.78 is 0. The Balaban J connectivity index is 0.00000176. The third-order valence-corrected chi connectivity index (χ3v) is 4.44. The minimum absolute atomic E-state index is 0. The summed E-state index contributed by atoms with van der Waals surface area (Å²) in [5, 5.41) is 0. The first-order valence-corrected chi connectivity index (χ1v) is 8.25. The highest BCUT2D eigenvalue weighted by Crippen LogP contribution is 2.22. The van der Waals surface area contributed by atoms with Crippen molar-refractivity contribution in [2.45, 2.75) is 57.9 Å². The molecule has 22 heavy (non-hydrogen) atoms. The summed E-state index contributed by atoms with van der Waals surface area (Å²) in [5.41, 5.74) is 4.81. The smallest absolute Gasteiger partial charge is 0.0627 e. The van der Waals surface area contributed by atoms with Crippen molar-refractivity contribution in [1.29, 1.82) is 0 Å². The maximum absolute atomic E-state index is 4.85. The van der Waals surface area contributed by atoms with E-state index in [2.05, 4.69) is 35.2 Å². The average molecular weight is 320 g/mol. The van der Waals surface area contributed by atoms with Gasteiger partial charge in [0, 0.05) is 12.4 Å². The molecule has 2 aromatic heterocycles. The van der Waals surface area contributed by atoms with E-state index in [9.17, 15) is 0 Å². The number of nitrogens with one attached hydrogen (secondary N) is 2. The average Bonchev–Trinajstić information content (AvgIpc) is 3.09. The van der Waals surface area contributed by atoms with Crippen LogP contribution in [0.25, 0.3) is 11.4 Å². The Kier molecular flexibility index (Phi) is 6.32. The van der Waals surface area contributed by atoms with Crippen molar-refractivity contribution in [1.82, 2.24) is 9.97 Å². The summed E-state index contributed by atoms with van der Waals surface area (Å²) in [6.07, 6.45) is 13.0. The van der Waals surface area contributed by atoms with E-state index in [1.165, 1.54) is 49.8 Å². The molecule has 0 saturated heterocycles. The molecule has 0 aromatic carbocycles. The molecular formula is C18H26ClN3. The lowest BCUT2D eigenvalue weighted by Gasteiger charge is -2.07. The van der Waals surface area contributed by atoms with Gasteiger partial charge in [0.25, 0.3) is 0 Å². The highest BCUT2D eigenvalue weighted by atomic mass is 35.5. The van der Waals surface area contributed by atoms with Gasteiger partial charge in [-0.15, -0.1) is 12.4 Å².